The second kappa shape index (κ2) is 11.9. The maximum absolute atomic E-state index is 4.67. The first-order valence-electron chi connectivity index (χ1n) is 9.55. The highest BCUT2D eigenvalue weighted by molar-refractivity contribution is 14.0. The predicted molar refractivity (Wildman–Crippen MR) is 122 cm³/mol. The summed E-state index contributed by atoms with van der Waals surface area (Å²) in [6.07, 6.45) is 4.31. The van der Waals surface area contributed by atoms with Gasteiger partial charge in [-0.3, -0.25) is 9.88 Å². The lowest BCUT2D eigenvalue weighted by Crippen LogP contribution is -2.44. The number of halogens is 1. The summed E-state index contributed by atoms with van der Waals surface area (Å²) in [5.41, 5.74) is 2.37. The van der Waals surface area contributed by atoms with E-state index in [4.69, 9.17) is 0 Å². The van der Waals surface area contributed by atoms with Crippen molar-refractivity contribution in [2.24, 2.45) is 4.99 Å². The number of aromatic nitrogens is 1. The number of guanidine groups is 1. The lowest BCUT2D eigenvalue weighted by atomic mass is 10.2. The van der Waals surface area contributed by atoms with E-state index in [1.165, 1.54) is 24.9 Å². The molecule has 27 heavy (non-hydrogen) atoms. The van der Waals surface area contributed by atoms with Crippen LogP contribution in [0.4, 0.5) is 0 Å². The Kier molecular flexibility index (Phi) is 9.55. The first-order valence-corrected chi connectivity index (χ1v) is 9.55. The molecule has 1 aromatic carbocycles. The number of rotatable bonds is 7. The minimum Gasteiger partial charge on any atom is -0.357 e. The Morgan fingerprint density at radius 1 is 1.15 bits per heavy atom. The van der Waals surface area contributed by atoms with Crippen LogP contribution in [0.2, 0.25) is 0 Å². The lowest BCUT2D eigenvalue weighted by molar-refractivity contribution is 0.245. The van der Waals surface area contributed by atoms with Crippen LogP contribution in [-0.2, 0) is 13.1 Å². The van der Waals surface area contributed by atoms with E-state index in [9.17, 15) is 0 Å². The summed E-state index contributed by atoms with van der Waals surface area (Å²) < 4.78 is 0. The molecule has 146 valence electrons. The molecule has 6 heteroatoms. The Labute approximate surface area is 179 Å². The van der Waals surface area contributed by atoms with Gasteiger partial charge in [-0.05, 0) is 44.0 Å². The van der Waals surface area contributed by atoms with Crippen LogP contribution < -0.4 is 10.6 Å². The van der Waals surface area contributed by atoms with E-state index in [0.717, 1.165) is 31.3 Å². The number of benzene rings is 1. The third-order valence-electron chi connectivity index (χ3n) is 4.70. The fourth-order valence-corrected chi connectivity index (χ4v) is 3.36. The number of hydrogen-bond donors (Lipinski definition) is 2. The summed E-state index contributed by atoms with van der Waals surface area (Å²) >= 11 is 0. The average molecular weight is 479 g/mol. The van der Waals surface area contributed by atoms with Gasteiger partial charge >= 0.3 is 0 Å². The van der Waals surface area contributed by atoms with Crippen LogP contribution in [-0.4, -0.2) is 41.5 Å². The fraction of sp³-hybridized carbons (Fsp3) is 0.429. The first-order chi connectivity index (χ1) is 12.8. The van der Waals surface area contributed by atoms with E-state index >= 15 is 0 Å². The van der Waals surface area contributed by atoms with E-state index in [1.807, 2.05) is 24.4 Å². The molecule has 1 aliphatic heterocycles. The molecular weight excluding hydrogens is 449 g/mol. The molecule has 0 saturated carbocycles. The topological polar surface area (TPSA) is 52.6 Å². The van der Waals surface area contributed by atoms with Crippen molar-refractivity contribution in [1.82, 2.24) is 20.5 Å². The van der Waals surface area contributed by atoms with Gasteiger partial charge in [-0.15, -0.1) is 24.0 Å². The normalized spacial score (nSPS) is 17.4. The highest BCUT2D eigenvalue weighted by Crippen LogP contribution is 2.19. The first kappa shape index (κ1) is 21.6. The van der Waals surface area contributed by atoms with Crippen molar-refractivity contribution in [3.63, 3.8) is 0 Å². The van der Waals surface area contributed by atoms with Crippen LogP contribution in [0.1, 0.15) is 31.0 Å². The molecule has 1 aromatic heterocycles. The number of hydrogen-bond acceptors (Lipinski definition) is 3. The minimum absolute atomic E-state index is 0. The second-order valence-electron chi connectivity index (χ2n) is 6.65. The van der Waals surface area contributed by atoms with Crippen molar-refractivity contribution >= 4 is 29.9 Å². The van der Waals surface area contributed by atoms with Crippen molar-refractivity contribution < 1.29 is 0 Å². The monoisotopic (exact) mass is 479 g/mol. The second-order valence-corrected chi connectivity index (χ2v) is 6.65. The Morgan fingerprint density at radius 2 is 1.96 bits per heavy atom. The molecule has 2 heterocycles. The zero-order chi connectivity index (χ0) is 18.0. The number of nitrogens with one attached hydrogen (secondary N) is 2. The van der Waals surface area contributed by atoms with E-state index < -0.39 is 0 Å². The van der Waals surface area contributed by atoms with E-state index in [2.05, 4.69) is 62.8 Å². The molecule has 2 aromatic rings. The van der Waals surface area contributed by atoms with Gasteiger partial charge in [0, 0.05) is 31.9 Å². The van der Waals surface area contributed by atoms with Gasteiger partial charge in [-0.25, -0.2) is 4.99 Å². The Bertz CT molecular complexity index is 677. The molecular formula is C21H30IN5. The van der Waals surface area contributed by atoms with E-state index in [1.54, 1.807) is 0 Å². The largest absolute Gasteiger partial charge is 0.357 e. The molecule has 2 N–H and O–H groups in total. The summed E-state index contributed by atoms with van der Waals surface area (Å²) in [4.78, 5) is 11.6. The Balaban J connectivity index is 0.00000261. The SMILES string of the molecule is CCNC(=NCc1ccccn1)NCC1CCCN1Cc1ccccc1.I. The molecule has 5 nitrogen and oxygen atoms in total. The average Bonchev–Trinajstić information content (AvgIpc) is 3.12. The minimum atomic E-state index is 0. The van der Waals surface area contributed by atoms with Crippen LogP contribution >= 0.6 is 24.0 Å². The van der Waals surface area contributed by atoms with Crippen molar-refractivity contribution in [3.8, 4) is 0 Å². The van der Waals surface area contributed by atoms with E-state index in [0.29, 0.717) is 12.6 Å². The molecule has 0 aliphatic carbocycles. The molecule has 1 fully saturated rings. The van der Waals surface area contributed by atoms with Crippen molar-refractivity contribution in [2.75, 3.05) is 19.6 Å². The zero-order valence-corrected chi connectivity index (χ0v) is 18.3. The molecule has 1 saturated heterocycles. The van der Waals surface area contributed by atoms with Crippen LogP contribution in [0.5, 0.6) is 0 Å². The summed E-state index contributed by atoms with van der Waals surface area (Å²) in [6, 6.07) is 17.2. The van der Waals surface area contributed by atoms with Gasteiger partial charge in [-0.1, -0.05) is 36.4 Å². The number of likely N-dealkylation sites (tertiary alicyclic amines) is 1. The van der Waals surface area contributed by atoms with Gasteiger partial charge in [0.1, 0.15) is 0 Å². The zero-order valence-electron chi connectivity index (χ0n) is 16.0. The van der Waals surface area contributed by atoms with Gasteiger partial charge in [0.2, 0.25) is 0 Å². The maximum Gasteiger partial charge on any atom is 0.191 e. The summed E-state index contributed by atoms with van der Waals surface area (Å²) in [6.45, 7) is 6.65. The highest BCUT2D eigenvalue weighted by Gasteiger charge is 2.24. The molecule has 0 spiro atoms. The van der Waals surface area contributed by atoms with Crippen LogP contribution in [0.15, 0.2) is 59.7 Å². The van der Waals surface area contributed by atoms with Crippen LogP contribution in [0, 0.1) is 0 Å². The number of nitrogens with zero attached hydrogens (tertiary/aromatic N) is 3. The van der Waals surface area contributed by atoms with E-state index in [-0.39, 0.29) is 24.0 Å². The molecule has 0 bridgehead atoms. The lowest BCUT2D eigenvalue weighted by Gasteiger charge is -2.25. The Morgan fingerprint density at radius 3 is 2.70 bits per heavy atom. The van der Waals surface area contributed by atoms with Crippen LogP contribution in [0.25, 0.3) is 0 Å². The third-order valence-corrected chi connectivity index (χ3v) is 4.70. The standard InChI is InChI=1S/C21H29N5.HI/c1-2-22-21(24-15-19-11-6-7-13-23-19)25-16-20-12-8-14-26(20)17-18-9-4-3-5-10-18;/h3-7,9-11,13,20H,2,8,12,14-17H2,1H3,(H2,22,24,25);1H. The summed E-state index contributed by atoms with van der Waals surface area (Å²) in [7, 11) is 0. The van der Waals surface area contributed by atoms with Crippen molar-refractivity contribution in [1.29, 1.82) is 0 Å². The van der Waals surface area contributed by atoms with Gasteiger partial charge < -0.3 is 10.6 Å². The van der Waals surface area contributed by atoms with Crippen LogP contribution in [0.3, 0.4) is 0 Å². The van der Waals surface area contributed by atoms with Crippen molar-refractivity contribution in [3.05, 3.63) is 66.0 Å². The predicted octanol–water partition coefficient (Wildman–Crippen LogP) is 3.42. The smallest absolute Gasteiger partial charge is 0.191 e. The van der Waals surface area contributed by atoms with Gasteiger partial charge in [-0.2, -0.15) is 0 Å². The van der Waals surface area contributed by atoms with Crippen molar-refractivity contribution in [2.45, 2.75) is 38.9 Å². The molecule has 1 atom stereocenters. The summed E-state index contributed by atoms with van der Waals surface area (Å²) in [5.74, 6) is 0.865. The van der Waals surface area contributed by atoms with Gasteiger partial charge in [0.15, 0.2) is 5.96 Å². The Hall–Kier alpha value is -1.67. The third kappa shape index (κ3) is 7.10. The number of pyridine rings is 1. The summed E-state index contributed by atoms with van der Waals surface area (Å²) in [5, 5.41) is 6.85. The van der Waals surface area contributed by atoms with Gasteiger partial charge in [0.25, 0.3) is 0 Å². The molecule has 0 amide bonds. The number of aliphatic imine (C=N–C) groups is 1. The molecule has 1 aliphatic rings. The highest BCUT2D eigenvalue weighted by atomic mass is 127. The van der Waals surface area contributed by atoms with Gasteiger partial charge in [0.05, 0.1) is 12.2 Å². The molecule has 1 unspecified atom stereocenters. The quantitative estimate of drug-likeness (QED) is 0.363. The fourth-order valence-electron chi connectivity index (χ4n) is 3.36. The molecule has 0 radical (unpaired) electrons. The maximum atomic E-state index is 4.67. The molecule has 3 rings (SSSR count).